The minimum atomic E-state index is -0.713. The third-order valence-electron chi connectivity index (χ3n) is 4.47. The van der Waals surface area contributed by atoms with Crippen molar-refractivity contribution >= 4 is 11.7 Å². The number of rotatable bonds is 4. The van der Waals surface area contributed by atoms with E-state index in [9.17, 15) is 4.79 Å². The standard InChI is InChI=1S/C13H24N4O2/c1-16-7-3-10(4-8-16)9-17(2)12(18)13(5-6-13)11(14)15-19/h10,19H,3-9H2,1-2H3,(H2,14,15). The minimum absolute atomic E-state index is 0.00160. The van der Waals surface area contributed by atoms with E-state index in [4.69, 9.17) is 10.9 Å². The molecule has 0 atom stereocenters. The average Bonchev–Trinajstić information content (AvgIpc) is 3.21. The molecule has 1 saturated heterocycles. The fraction of sp³-hybridized carbons (Fsp3) is 0.846. The number of amides is 1. The molecule has 1 aliphatic carbocycles. The van der Waals surface area contributed by atoms with Gasteiger partial charge in [0.2, 0.25) is 5.91 Å². The highest BCUT2D eigenvalue weighted by molar-refractivity contribution is 6.09. The van der Waals surface area contributed by atoms with E-state index in [0.717, 1.165) is 32.5 Å². The van der Waals surface area contributed by atoms with Crippen LogP contribution < -0.4 is 5.73 Å². The number of piperidine rings is 1. The van der Waals surface area contributed by atoms with Gasteiger partial charge in [-0.25, -0.2) is 0 Å². The maximum absolute atomic E-state index is 12.4. The Morgan fingerprint density at radius 1 is 1.47 bits per heavy atom. The number of carbonyl (C=O) groups excluding carboxylic acids is 1. The van der Waals surface area contributed by atoms with Crippen molar-refractivity contribution < 1.29 is 10.0 Å². The van der Waals surface area contributed by atoms with Crippen LogP contribution in [-0.4, -0.2) is 60.5 Å². The summed E-state index contributed by atoms with van der Waals surface area (Å²) in [5, 5.41) is 11.8. The molecule has 1 heterocycles. The highest BCUT2D eigenvalue weighted by Crippen LogP contribution is 2.47. The molecule has 1 saturated carbocycles. The first-order chi connectivity index (χ1) is 8.99. The van der Waals surface area contributed by atoms with Crippen LogP contribution in [0.15, 0.2) is 5.16 Å². The Balaban J connectivity index is 1.90. The molecule has 1 amide bonds. The first kappa shape index (κ1) is 14.1. The summed E-state index contributed by atoms with van der Waals surface area (Å²) >= 11 is 0. The molecule has 19 heavy (non-hydrogen) atoms. The molecule has 0 unspecified atom stereocenters. The Morgan fingerprint density at radius 3 is 2.53 bits per heavy atom. The van der Waals surface area contributed by atoms with Crippen molar-refractivity contribution in [2.24, 2.45) is 22.2 Å². The number of hydrogen-bond acceptors (Lipinski definition) is 4. The maximum Gasteiger partial charge on any atom is 0.236 e. The number of amidine groups is 1. The van der Waals surface area contributed by atoms with Gasteiger partial charge in [0.15, 0.2) is 5.84 Å². The van der Waals surface area contributed by atoms with Gasteiger partial charge >= 0.3 is 0 Å². The van der Waals surface area contributed by atoms with Gasteiger partial charge in [-0.3, -0.25) is 4.79 Å². The maximum atomic E-state index is 12.4. The van der Waals surface area contributed by atoms with E-state index in [2.05, 4.69) is 17.1 Å². The molecule has 2 aliphatic rings. The summed E-state index contributed by atoms with van der Waals surface area (Å²) in [4.78, 5) is 16.5. The average molecular weight is 268 g/mol. The number of oxime groups is 1. The van der Waals surface area contributed by atoms with Gasteiger partial charge in [-0.2, -0.15) is 0 Å². The number of hydrogen-bond donors (Lipinski definition) is 2. The molecule has 0 aromatic heterocycles. The van der Waals surface area contributed by atoms with Crippen molar-refractivity contribution in [2.45, 2.75) is 25.7 Å². The van der Waals surface area contributed by atoms with Crippen LogP contribution in [-0.2, 0) is 4.79 Å². The number of likely N-dealkylation sites (tertiary alicyclic amines) is 1. The molecule has 3 N–H and O–H groups in total. The van der Waals surface area contributed by atoms with E-state index < -0.39 is 5.41 Å². The normalized spacial score (nSPS) is 24.2. The second-order valence-electron chi connectivity index (χ2n) is 6.00. The Labute approximate surface area is 114 Å². The van der Waals surface area contributed by atoms with E-state index in [1.165, 1.54) is 0 Å². The van der Waals surface area contributed by atoms with Crippen molar-refractivity contribution in [3.8, 4) is 0 Å². The summed E-state index contributed by atoms with van der Waals surface area (Å²) < 4.78 is 0. The summed E-state index contributed by atoms with van der Waals surface area (Å²) in [6.07, 6.45) is 3.65. The van der Waals surface area contributed by atoms with Crippen LogP contribution in [0.3, 0.4) is 0 Å². The third-order valence-corrected chi connectivity index (χ3v) is 4.47. The van der Waals surface area contributed by atoms with Crippen molar-refractivity contribution in [1.29, 1.82) is 0 Å². The predicted octanol–water partition coefficient (Wildman–Crippen LogP) is 0.313. The van der Waals surface area contributed by atoms with Crippen molar-refractivity contribution in [2.75, 3.05) is 33.7 Å². The molecule has 1 aliphatic heterocycles. The van der Waals surface area contributed by atoms with Crippen LogP contribution in [0.25, 0.3) is 0 Å². The fourth-order valence-electron chi connectivity index (χ4n) is 2.88. The van der Waals surface area contributed by atoms with Crippen LogP contribution in [0.5, 0.6) is 0 Å². The largest absolute Gasteiger partial charge is 0.409 e. The van der Waals surface area contributed by atoms with Gasteiger partial charge in [-0.1, -0.05) is 5.16 Å². The van der Waals surface area contributed by atoms with E-state index in [1.54, 1.807) is 4.90 Å². The molecule has 6 heteroatoms. The quantitative estimate of drug-likeness (QED) is 0.333. The Hall–Kier alpha value is -1.30. The number of carbonyl (C=O) groups is 1. The van der Waals surface area contributed by atoms with E-state index >= 15 is 0 Å². The Morgan fingerprint density at radius 2 is 2.05 bits per heavy atom. The molecule has 2 fully saturated rings. The van der Waals surface area contributed by atoms with E-state index in [-0.39, 0.29) is 11.7 Å². The number of nitrogens with two attached hydrogens (primary N) is 1. The van der Waals surface area contributed by atoms with Gasteiger partial charge in [-0.05, 0) is 51.7 Å². The molecule has 0 aromatic rings. The lowest BCUT2D eigenvalue weighted by atomic mass is 9.95. The molecular formula is C13H24N4O2. The zero-order chi connectivity index (χ0) is 14.0. The van der Waals surface area contributed by atoms with Crippen molar-refractivity contribution in [3.05, 3.63) is 0 Å². The molecule has 2 rings (SSSR count). The summed E-state index contributed by atoms with van der Waals surface area (Å²) in [5.74, 6) is 0.627. The first-order valence-corrected chi connectivity index (χ1v) is 6.91. The predicted molar refractivity (Wildman–Crippen MR) is 72.9 cm³/mol. The Bertz CT molecular complexity index is 371. The molecule has 0 bridgehead atoms. The summed E-state index contributed by atoms with van der Waals surface area (Å²) in [6.45, 7) is 2.96. The zero-order valence-corrected chi connectivity index (χ0v) is 11.8. The summed E-state index contributed by atoms with van der Waals surface area (Å²) in [7, 11) is 3.95. The topological polar surface area (TPSA) is 82.2 Å². The third kappa shape index (κ3) is 2.83. The fourth-order valence-corrected chi connectivity index (χ4v) is 2.88. The van der Waals surface area contributed by atoms with Gasteiger partial charge in [0.05, 0.1) is 0 Å². The van der Waals surface area contributed by atoms with Gasteiger partial charge < -0.3 is 20.7 Å². The molecule has 0 aromatic carbocycles. The van der Waals surface area contributed by atoms with Crippen LogP contribution in [0.1, 0.15) is 25.7 Å². The van der Waals surface area contributed by atoms with Gasteiger partial charge in [0.25, 0.3) is 0 Å². The van der Waals surface area contributed by atoms with Crippen LogP contribution >= 0.6 is 0 Å². The van der Waals surface area contributed by atoms with E-state index in [0.29, 0.717) is 18.8 Å². The second kappa shape index (κ2) is 5.36. The van der Waals surface area contributed by atoms with Gasteiger partial charge in [-0.15, -0.1) is 0 Å². The first-order valence-electron chi connectivity index (χ1n) is 6.91. The van der Waals surface area contributed by atoms with Crippen molar-refractivity contribution in [3.63, 3.8) is 0 Å². The smallest absolute Gasteiger partial charge is 0.236 e. The lowest BCUT2D eigenvalue weighted by Gasteiger charge is -2.32. The highest BCUT2D eigenvalue weighted by atomic mass is 16.4. The SMILES string of the molecule is CN1CCC(CN(C)C(=O)C2(C(N)=NO)CC2)CC1. The summed E-state index contributed by atoms with van der Waals surface area (Å²) in [5.41, 5.74) is 4.94. The van der Waals surface area contributed by atoms with Crippen molar-refractivity contribution in [1.82, 2.24) is 9.80 Å². The summed E-state index contributed by atoms with van der Waals surface area (Å²) in [6, 6.07) is 0. The highest BCUT2D eigenvalue weighted by Gasteiger charge is 2.55. The molecule has 0 spiro atoms. The van der Waals surface area contributed by atoms with Gasteiger partial charge in [0.1, 0.15) is 5.41 Å². The van der Waals surface area contributed by atoms with Crippen LogP contribution in [0.2, 0.25) is 0 Å². The lowest BCUT2D eigenvalue weighted by molar-refractivity contribution is -0.134. The van der Waals surface area contributed by atoms with Crippen LogP contribution in [0.4, 0.5) is 0 Å². The Kier molecular flexibility index (Phi) is 3.99. The van der Waals surface area contributed by atoms with Crippen LogP contribution in [0, 0.1) is 11.3 Å². The molecule has 108 valence electrons. The van der Waals surface area contributed by atoms with Gasteiger partial charge in [0, 0.05) is 13.6 Å². The second-order valence-corrected chi connectivity index (χ2v) is 6.00. The lowest BCUT2D eigenvalue weighted by Crippen LogP contribution is -2.44. The molecule has 0 radical (unpaired) electrons. The molecular weight excluding hydrogens is 244 g/mol. The number of nitrogens with zero attached hydrogens (tertiary/aromatic N) is 3. The van der Waals surface area contributed by atoms with E-state index in [1.807, 2.05) is 7.05 Å². The zero-order valence-electron chi connectivity index (χ0n) is 11.8. The molecule has 6 nitrogen and oxygen atoms in total. The minimum Gasteiger partial charge on any atom is -0.409 e. The monoisotopic (exact) mass is 268 g/mol.